The van der Waals surface area contributed by atoms with Crippen LogP contribution in [0.1, 0.15) is 84.9 Å². The Bertz CT molecular complexity index is 3650. The molecule has 6 aromatic heterocycles. The number of aryl methyl sites for hydroxylation is 1. The van der Waals surface area contributed by atoms with Crippen molar-refractivity contribution in [1.82, 2.24) is 59.3 Å². The van der Waals surface area contributed by atoms with Crippen molar-refractivity contribution in [3.8, 4) is 0 Å². The highest BCUT2D eigenvalue weighted by molar-refractivity contribution is 5.22. The second kappa shape index (κ2) is 83.9. The fourth-order valence-corrected chi connectivity index (χ4v) is 12.6. The molecule has 3 saturated heterocycles. The van der Waals surface area contributed by atoms with Crippen molar-refractivity contribution in [3.63, 3.8) is 0 Å². The lowest BCUT2D eigenvalue weighted by Crippen LogP contribution is -2.36. The van der Waals surface area contributed by atoms with Crippen LogP contribution < -0.4 is 0 Å². The Hall–Kier alpha value is -10.3. The molecule has 0 bridgehead atoms. The SMILES string of the molecule is CC(C)CCC(c1ccccn1)N1CCOCCOCCN(Cc2ccccn2)CCOCCOCC1.O=C=O.O=C=O.O=C=O.O=C=O.O=C=O.O=C=O.c1ccc(CCC(c2ccccn2)N2CCOCCOCCN(Cc3ccccn3)CCOCCOCC2)cc1.c1ccc(CN2CCOCCOCCN(Cc3ccccn3)CCOCCOCC2)nc1. The minimum atomic E-state index is 0.178. The van der Waals surface area contributed by atoms with Gasteiger partial charge in [0.2, 0.25) is 0 Å². The van der Waals surface area contributed by atoms with Gasteiger partial charge in [0.1, 0.15) is 0 Å². The number of rotatable bonds is 18. The zero-order chi connectivity index (χ0) is 91.8. The fraction of sp³-hybridized carbons (Fsp3) is 0.538. The second-order valence-corrected chi connectivity index (χ2v) is 27.8. The number of aromatic nitrogens is 6. The largest absolute Gasteiger partial charge is 0.378 e. The van der Waals surface area contributed by atoms with E-state index in [9.17, 15) is 0 Å². The first kappa shape index (κ1) is 113. The van der Waals surface area contributed by atoms with E-state index in [0.717, 1.165) is 165 Å². The van der Waals surface area contributed by atoms with E-state index in [0.29, 0.717) is 164 Å². The van der Waals surface area contributed by atoms with Crippen LogP contribution >= 0.6 is 0 Å². The normalized spacial score (nSPS) is 17.1. The van der Waals surface area contributed by atoms with Gasteiger partial charge >= 0.3 is 36.9 Å². The summed E-state index contributed by atoms with van der Waals surface area (Å²) in [6, 6.07) is 47.5. The lowest BCUT2D eigenvalue weighted by molar-refractivity contribution is -0.193. The highest BCUT2D eigenvalue weighted by atomic mass is 16.5. The van der Waals surface area contributed by atoms with Crippen LogP contribution in [0.3, 0.4) is 0 Å². The number of pyridine rings is 6. The Morgan fingerprint density at radius 1 is 0.244 bits per heavy atom. The third-order valence-corrected chi connectivity index (χ3v) is 18.7. The Morgan fingerprint density at radius 2 is 0.449 bits per heavy atom. The maximum Gasteiger partial charge on any atom is 0.373 e. The van der Waals surface area contributed by atoms with E-state index >= 15 is 0 Å². The van der Waals surface area contributed by atoms with E-state index in [1.807, 2.05) is 110 Å². The average Bonchev–Trinajstić information content (AvgIpc) is 0.861. The monoisotopic (exact) mass is 1770 g/mol. The maximum absolute atomic E-state index is 8.12. The molecule has 0 radical (unpaired) electrons. The standard InChI is InChI=1S/C32H44N4O4.C29H46N4O4.C24H36N4O4.6CO2/c1-2-8-29(9-3-1)12-13-32(31-11-5-7-15-34-31)36-18-22-39-26-24-37-20-16-35(28-30-10-4-6-14-33-30)17-21-38-25-27-40-23-19-36;1-26(2)9-10-29(28-8-4-6-12-31-28)33-15-19-36-23-21-34-17-13-32(25-27-7-3-5-11-30-27)14-18-35-22-24-37-20-16-33;1-3-7-25-23(5-1)21-27-9-13-29-17-19-31-15-11-28(22-24-6-2-4-8-26-24)12-16-32-20-18-30-14-10-27;6*2-1-3/h1-11,14-15,32H,12-13,16-28H2;3-8,11-12,26,29H,9-10,13-25H2,1-2H3;1-8H,9-22H2;;;;;;. The maximum atomic E-state index is 8.12. The molecule has 36 nitrogen and oxygen atoms in total. The van der Waals surface area contributed by atoms with Crippen molar-refractivity contribution in [1.29, 1.82) is 0 Å². The number of ether oxygens (including phenoxy) is 12. The molecule has 0 amide bonds. The first-order chi connectivity index (χ1) is 62.5. The van der Waals surface area contributed by atoms with Gasteiger partial charge in [-0.15, -0.1) is 0 Å². The summed E-state index contributed by atoms with van der Waals surface area (Å²) >= 11 is 0. The smallest absolute Gasteiger partial charge is 0.373 e. The molecule has 3 fully saturated rings. The molecular weight excluding hydrogens is 1650 g/mol. The van der Waals surface area contributed by atoms with E-state index in [2.05, 4.69) is 130 Å². The summed E-state index contributed by atoms with van der Waals surface area (Å²) in [4.78, 5) is 139. The van der Waals surface area contributed by atoms with Crippen LogP contribution in [0.5, 0.6) is 0 Å². The van der Waals surface area contributed by atoms with Gasteiger partial charge in [0.25, 0.3) is 0 Å². The van der Waals surface area contributed by atoms with Gasteiger partial charge < -0.3 is 56.8 Å². The van der Waals surface area contributed by atoms with Gasteiger partial charge in [-0.1, -0.05) is 80.6 Å². The topological polar surface area (TPSA) is 412 Å². The third kappa shape index (κ3) is 63.3. The highest BCUT2D eigenvalue weighted by Gasteiger charge is 2.24. The van der Waals surface area contributed by atoms with Crippen molar-refractivity contribution in [2.24, 2.45) is 5.92 Å². The molecule has 2 atom stereocenters. The van der Waals surface area contributed by atoms with Crippen molar-refractivity contribution in [2.45, 2.75) is 77.8 Å². The van der Waals surface area contributed by atoms with Crippen LogP contribution in [0.4, 0.5) is 0 Å². The minimum absolute atomic E-state index is 0.178. The number of carbonyl (C=O) groups excluding carboxylic acids is 12. The van der Waals surface area contributed by atoms with Crippen LogP contribution in [0.2, 0.25) is 0 Å². The Balaban J connectivity index is 0.000000590. The molecule has 127 heavy (non-hydrogen) atoms. The van der Waals surface area contributed by atoms with E-state index in [1.54, 1.807) is 0 Å². The fourth-order valence-electron chi connectivity index (χ4n) is 12.6. The zero-order valence-corrected chi connectivity index (χ0v) is 73.3. The zero-order valence-electron chi connectivity index (χ0n) is 73.3. The molecule has 7 aromatic rings. The van der Waals surface area contributed by atoms with Crippen LogP contribution in [0.25, 0.3) is 0 Å². The minimum Gasteiger partial charge on any atom is -0.378 e. The number of hydrogen-bond donors (Lipinski definition) is 0. The van der Waals surface area contributed by atoms with Crippen LogP contribution in [0.15, 0.2) is 177 Å². The van der Waals surface area contributed by atoms with Crippen LogP contribution in [0, 0.1) is 5.92 Å². The van der Waals surface area contributed by atoms with Crippen molar-refractivity contribution in [2.75, 3.05) is 237 Å². The van der Waals surface area contributed by atoms with Gasteiger partial charge in [-0.25, -0.2) is 0 Å². The highest BCUT2D eigenvalue weighted by Crippen LogP contribution is 2.27. The molecule has 1 aromatic carbocycles. The molecule has 0 spiro atoms. The Labute approximate surface area is 744 Å². The van der Waals surface area contributed by atoms with Crippen LogP contribution in [-0.2, 0) is 147 Å². The third-order valence-electron chi connectivity index (χ3n) is 18.7. The van der Waals surface area contributed by atoms with Gasteiger partial charge in [-0.3, -0.25) is 59.3 Å². The molecule has 3 aliphatic rings. The van der Waals surface area contributed by atoms with Crippen molar-refractivity contribution >= 4 is 36.9 Å². The van der Waals surface area contributed by atoms with Crippen LogP contribution in [-0.4, -0.2) is 333 Å². The van der Waals surface area contributed by atoms with E-state index in [1.165, 1.54) is 5.56 Å². The van der Waals surface area contributed by atoms with Gasteiger partial charge in [0.05, 0.1) is 205 Å². The van der Waals surface area contributed by atoms with Gasteiger partial charge in [-0.05, 0) is 110 Å². The van der Waals surface area contributed by atoms with Gasteiger partial charge in [0.15, 0.2) is 0 Å². The molecule has 0 aliphatic carbocycles. The lowest BCUT2D eigenvalue weighted by Gasteiger charge is -2.32. The quantitative estimate of drug-likeness (QED) is 0.0918. The molecule has 3 aliphatic heterocycles. The summed E-state index contributed by atoms with van der Waals surface area (Å²) < 4.78 is 70.7. The van der Waals surface area contributed by atoms with Gasteiger partial charge in [-0.2, -0.15) is 57.5 Å². The molecule has 9 heterocycles. The van der Waals surface area contributed by atoms with E-state index < -0.39 is 0 Å². The molecule has 10 rings (SSSR count). The summed E-state index contributed by atoms with van der Waals surface area (Å²) in [7, 11) is 0. The Morgan fingerprint density at radius 3 is 0.654 bits per heavy atom. The van der Waals surface area contributed by atoms with Crippen molar-refractivity contribution < 1.29 is 114 Å². The van der Waals surface area contributed by atoms with E-state index in [4.69, 9.17) is 124 Å². The van der Waals surface area contributed by atoms with E-state index in [-0.39, 0.29) is 49.0 Å². The molecule has 694 valence electrons. The summed E-state index contributed by atoms with van der Waals surface area (Å²) in [6.07, 6.45) is 16.8. The summed E-state index contributed by atoms with van der Waals surface area (Å²) in [6.45, 7) is 32.4. The molecule has 0 saturated carbocycles. The van der Waals surface area contributed by atoms with Gasteiger partial charge in [0, 0.05) is 142 Å². The molecular formula is C91H126N12O24. The van der Waals surface area contributed by atoms with Crippen molar-refractivity contribution in [3.05, 3.63) is 216 Å². The number of benzene rings is 1. The number of nitrogens with zero attached hydrogens (tertiary/aromatic N) is 12. The lowest BCUT2D eigenvalue weighted by atomic mass is 9.99. The summed E-state index contributed by atoms with van der Waals surface area (Å²) in [5.74, 6) is 0.647. The average molecular weight is 1770 g/mol. The number of hydrogen-bond acceptors (Lipinski definition) is 36. The second-order valence-electron chi connectivity index (χ2n) is 27.8. The molecule has 2 unspecified atom stereocenters. The predicted octanol–water partition coefficient (Wildman–Crippen LogP) is 6.23. The summed E-state index contributed by atoms with van der Waals surface area (Å²) in [5.41, 5.74) is 7.75. The predicted molar refractivity (Wildman–Crippen MR) is 454 cm³/mol. The first-order valence-corrected chi connectivity index (χ1v) is 42.2. The Kier molecular flexibility index (Phi) is 74.5. The first-order valence-electron chi connectivity index (χ1n) is 42.2. The summed E-state index contributed by atoms with van der Waals surface area (Å²) in [5, 5.41) is 0. The molecule has 36 heteroatoms. The molecule has 0 N–H and O–H groups in total.